The second kappa shape index (κ2) is 8.37. The topological polar surface area (TPSA) is 61.7 Å². The van der Waals surface area contributed by atoms with E-state index in [1.165, 1.54) is 30.5 Å². The Morgan fingerprint density at radius 2 is 1.75 bits per heavy atom. The molecule has 3 rings (SSSR count). The average Bonchev–Trinajstić information content (AvgIpc) is 2.65. The summed E-state index contributed by atoms with van der Waals surface area (Å²) in [5.41, 5.74) is 2.90. The average molecular weight is 421 g/mol. The summed E-state index contributed by atoms with van der Waals surface area (Å²) in [4.78, 5) is 12.3. The Kier molecular flexibility index (Phi) is 5.92. The molecule has 0 bridgehead atoms. The highest BCUT2D eigenvalue weighted by molar-refractivity contribution is 6.38. The third-order valence-electron chi connectivity index (χ3n) is 3.84. The van der Waals surface area contributed by atoms with Gasteiger partial charge in [0.15, 0.2) is 0 Å². The second-order valence-corrected chi connectivity index (χ2v) is 6.50. The molecule has 0 radical (unpaired) electrons. The molecule has 0 aliphatic carbocycles. The maximum atomic E-state index is 14.0. The van der Waals surface area contributed by atoms with E-state index in [2.05, 4.69) is 10.5 Å². The van der Waals surface area contributed by atoms with Crippen molar-refractivity contribution in [3.8, 4) is 16.9 Å². The first-order chi connectivity index (χ1) is 13.4. The molecule has 0 saturated carbocycles. The van der Waals surface area contributed by atoms with Gasteiger partial charge in [0.25, 0.3) is 5.91 Å². The number of phenolic OH excluding ortho intramolecular Hbond substituents is 1. The van der Waals surface area contributed by atoms with E-state index in [0.717, 1.165) is 12.1 Å². The largest absolute Gasteiger partial charge is 0.507 e. The normalized spacial score (nSPS) is 11.0. The zero-order chi connectivity index (χ0) is 20.3. The highest BCUT2D eigenvalue weighted by Crippen LogP contribution is 2.28. The van der Waals surface area contributed by atoms with Crippen molar-refractivity contribution >= 4 is 35.3 Å². The van der Waals surface area contributed by atoms with Crippen molar-refractivity contribution in [3.05, 3.63) is 87.4 Å². The van der Waals surface area contributed by atoms with E-state index < -0.39 is 17.5 Å². The van der Waals surface area contributed by atoms with Crippen LogP contribution < -0.4 is 5.43 Å². The Hall–Kier alpha value is -2.96. The minimum absolute atomic E-state index is 0.0850. The Labute approximate surface area is 169 Å². The molecule has 0 aliphatic heterocycles. The lowest BCUT2D eigenvalue weighted by Gasteiger charge is -2.08. The molecular weight excluding hydrogens is 409 g/mol. The van der Waals surface area contributed by atoms with Crippen LogP contribution in [0.15, 0.2) is 59.7 Å². The van der Waals surface area contributed by atoms with Crippen molar-refractivity contribution in [2.24, 2.45) is 5.10 Å². The van der Waals surface area contributed by atoms with E-state index in [1.54, 1.807) is 18.2 Å². The fourth-order valence-electron chi connectivity index (χ4n) is 2.46. The fourth-order valence-corrected chi connectivity index (χ4v) is 2.95. The number of phenols is 1. The number of carbonyl (C=O) groups excluding carboxylic acids is 1. The van der Waals surface area contributed by atoms with E-state index in [4.69, 9.17) is 23.2 Å². The molecule has 8 heteroatoms. The minimum Gasteiger partial charge on any atom is -0.507 e. The summed E-state index contributed by atoms with van der Waals surface area (Å²) in [5, 5.41) is 14.4. The summed E-state index contributed by atoms with van der Waals surface area (Å²) < 4.78 is 27.1. The van der Waals surface area contributed by atoms with Crippen LogP contribution in [-0.2, 0) is 0 Å². The second-order valence-electron chi connectivity index (χ2n) is 5.69. The lowest BCUT2D eigenvalue weighted by molar-refractivity contribution is 0.0952. The molecule has 0 spiro atoms. The molecule has 0 atom stereocenters. The summed E-state index contributed by atoms with van der Waals surface area (Å²) in [6.07, 6.45) is 1.27. The first kappa shape index (κ1) is 19.8. The number of aromatic hydroxyl groups is 1. The SMILES string of the molecule is O=C(N/N=C/c1c(Cl)cccc1Cl)c1cc(-c2ccc(F)cc2F)ccc1O. The molecule has 0 heterocycles. The summed E-state index contributed by atoms with van der Waals surface area (Å²) in [7, 11) is 0. The number of benzene rings is 3. The van der Waals surface area contributed by atoms with Crippen LogP contribution in [0.4, 0.5) is 8.78 Å². The van der Waals surface area contributed by atoms with Crippen LogP contribution in [0.1, 0.15) is 15.9 Å². The Balaban J connectivity index is 1.85. The van der Waals surface area contributed by atoms with Gasteiger partial charge in [-0.05, 0) is 42.0 Å². The number of amides is 1. The molecule has 0 aliphatic rings. The zero-order valence-electron chi connectivity index (χ0n) is 14.1. The van der Waals surface area contributed by atoms with Crippen LogP contribution in [-0.4, -0.2) is 17.2 Å². The van der Waals surface area contributed by atoms with Gasteiger partial charge in [0.1, 0.15) is 17.4 Å². The quantitative estimate of drug-likeness (QED) is 0.437. The molecule has 1 amide bonds. The van der Waals surface area contributed by atoms with Crippen LogP contribution in [0.3, 0.4) is 0 Å². The first-order valence-corrected chi connectivity index (χ1v) is 8.68. The summed E-state index contributed by atoms with van der Waals surface area (Å²) in [5.74, 6) is -2.56. The van der Waals surface area contributed by atoms with Gasteiger partial charge in [-0.15, -0.1) is 0 Å². The van der Waals surface area contributed by atoms with Gasteiger partial charge in [-0.1, -0.05) is 35.3 Å². The maximum Gasteiger partial charge on any atom is 0.275 e. The van der Waals surface area contributed by atoms with Gasteiger partial charge in [0.05, 0.1) is 21.8 Å². The van der Waals surface area contributed by atoms with Crippen LogP contribution in [0.25, 0.3) is 11.1 Å². The highest BCUT2D eigenvalue weighted by atomic mass is 35.5. The van der Waals surface area contributed by atoms with Gasteiger partial charge in [-0.2, -0.15) is 5.10 Å². The lowest BCUT2D eigenvalue weighted by Crippen LogP contribution is -2.18. The van der Waals surface area contributed by atoms with Gasteiger partial charge in [0, 0.05) is 17.2 Å². The molecule has 28 heavy (non-hydrogen) atoms. The van der Waals surface area contributed by atoms with E-state index in [1.807, 2.05) is 0 Å². The van der Waals surface area contributed by atoms with Gasteiger partial charge in [-0.3, -0.25) is 4.79 Å². The maximum absolute atomic E-state index is 14.0. The summed E-state index contributed by atoms with van der Waals surface area (Å²) in [6, 6.07) is 11.9. The zero-order valence-corrected chi connectivity index (χ0v) is 15.6. The lowest BCUT2D eigenvalue weighted by atomic mass is 10.0. The number of nitrogens with one attached hydrogen (secondary N) is 1. The van der Waals surface area contributed by atoms with Crippen LogP contribution >= 0.6 is 23.2 Å². The first-order valence-electron chi connectivity index (χ1n) is 7.92. The Morgan fingerprint density at radius 1 is 1.04 bits per heavy atom. The molecule has 0 fully saturated rings. The van der Waals surface area contributed by atoms with Crippen molar-refractivity contribution in [2.45, 2.75) is 0 Å². The summed E-state index contributed by atoms with van der Waals surface area (Å²) >= 11 is 12.0. The van der Waals surface area contributed by atoms with E-state index in [9.17, 15) is 18.7 Å². The van der Waals surface area contributed by atoms with Crippen LogP contribution in [0, 0.1) is 11.6 Å². The van der Waals surface area contributed by atoms with Crippen molar-refractivity contribution in [1.29, 1.82) is 0 Å². The van der Waals surface area contributed by atoms with Gasteiger partial charge < -0.3 is 5.11 Å². The van der Waals surface area contributed by atoms with E-state index in [0.29, 0.717) is 21.2 Å². The van der Waals surface area contributed by atoms with Crippen LogP contribution in [0.2, 0.25) is 10.0 Å². The number of halogens is 4. The predicted molar refractivity (Wildman–Crippen MR) is 105 cm³/mol. The Morgan fingerprint density at radius 3 is 2.43 bits per heavy atom. The monoisotopic (exact) mass is 420 g/mol. The van der Waals surface area contributed by atoms with Gasteiger partial charge in [-0.25, -0.2) is 14.2 Å². The fraction of sp³-hybridized carbons (Fsp3) is 0. The number of hydrazone groups is 1. The number of nitrogens with zero attached hydrogens (tertiary/aromatic N) is 1. The molecule has 142 valence electrons. The molecule has 3 aromatic carbocycles. The third-order valence-corrected chi connectivity index (χ3v) is 4.50. The molecule has 2 N–H and O–H groups in total. The molecular formula is C20H12Cl2F2N2O2. The highest BCUT2D eigenvalue weighted by Gasteiger charge is 2.14. The summed E-state index contributed by atoms with van der Waals surface area (Å²) in [6.45, 7) is 0. The predicted octanol–water partition coefficient (Wildman–Crippen LogP) is 5.41. The molecule has 0 aromatic heterocycles. The molecule has 4 nitrogen and oxygen atoms in total. The standard InChI is InChI=1S/C20H12Cl2F2N2O2/c21-16-2-1-3-17(22)15(16)10-25-26-20(28)14-8-11(4-7-19(14)27)13-6-5-12(23)9-18(13)24/h1-10,27H,(H,26,28)/b25-10+. The van der Waals surface area contributed by atoms with Crippen molar-refractivity contribution in [1.82, 2.24) is 5.43 Å². The molecule has 0 unspecified atom stereocenters. The molecule has 3 aromatic rings. The van der Waals surface area contributed by atoms with Crippen molar-refractivity contribution in [3.63, 3.8) is 0 Å². The third kappa shape index (κ3) is 4.30. The van der Waals surface area contributed by atoms with Crippen molar-refractivity contribution in [2.75, 3.05) is 0 Å². The van der Waals surface area contributed by atoms with Crippen molar-refractivity contribution < 1.29 is 18.7 Å². The van der Waals surface area contributed by atoms with Crippen LogP contribution in [0.5, 0.6) is 5.75 Å². The number of carbonyl (C=O) groups is 1. The molecule has 0 saturated heterocycles. The van der Waals surface area contributed by atoms with E-state index >= 15 is 0 Å². The Bertz CT molecular complexity index is 1070. The minimum atomic E-state index is -0.788. The number of hydrogen-bond acceptors (Lipinski definition) is 3. The van der Waals surface area contributed by atoms with E-state index in [-0.39, 0.29) is 16.9 Å². The van der Waals surface area contributed by atoms with Gasteiger partial charge in [0.2, 0.25) is 0 Å². The number of hydrogen-bond donors (Lipinski definition) is 2. The van der Waals surface area contributed by atoms with Gasteiger partial charge >= 0.3 is 0 Å². The smallest absolute Gasteiger partial charge is 0.275 e. The number of rotatable bonds is 4.